The molecule has 0 saturated carbocycles. The van der Waals surface area contributed by atoms with Gasteiger partial charge in [-0.05, 0) is 36.6 Å². The Morgan fingerprint density at radius 3 is 1.88 bits per heavy atom. The molecule has 0 aliphatic carbocycles. The van der Waals surface area contributed by atoms with Gasteiger partial charge in [-0.15, -0.1) is 0 Å². The maximum atomic E-state index is 5.03. The van der Waals surface area contributed by atoms with Gasteiger partial charge in [0.2, 0.25) is 0 Å². The molecule has 0 spiro atoms. The minimum Gasteiger partial charge on any atom is -0.497 e. The van der Waals surface area contributed by atoms with E-state index >= 15 is 0 Å². The van der Waals surface area contributed by atoms with E-state index in [1.165, 1.54) is 5.56 Å². The smallest absolute Gasteiger partial charge is 0.119 e. The number of methoxy groups -OCH3 is 1. The van der Waals surface area contributed by atoms with Crippen molar-refractivity contribution in [2.24, 2.45) is 5.92 Å². The number of aryl methyl sites for hydroxylation is 1. The van der Waals surface area contributed by atoms with Crippen molar-refractivity contribution in [2.45, 2.75) is 41.5 Å². The third-order valence-corrected chi connectivity index (χ3v) is 2.25. The third kappa shape index (κ3) is 10.0. The normalized spacial score (nSPS) is 8.56. The Balaban J connectivity index is 0. The van der Waals surface area contributed by atoms with Crippen molar-refractivity contribution < 1.29 is 4.74 Å². The second-order valence-electron chi connectivity index (χ2n) is 3.85. The minimum atomic E-state index is 0.833. The molecular formula is C14H25BrO. The Labute approximate surface area is 109 Å². The monoisotopic (exact) mass is 288 g/mol. The Morgan fingerprint density at radius 2 is 1.56 bits per heavy atom. The molecule has 0 bridgehead atoms. The lowest BCUT2D eigenvalue weighted by Crippen LogP contribution is -1.83. The maximum absolute atomic E-state index is 5.03. The van der Waals surface area contributed by atoms with Gasteiger partial charge >= 0.3 is 0 Å². The lowest BCUT2D eigenvalue weighted by atomic mass is 10.2. The van der Waals surface area contributed by atoms with E-state index in [-0.39, 0.29) is 0 Å². The van der Waals surface area contributed by atoms with Crippen molar-refractivity contribution >= 4 is 15.9 Å². The maximum Gasteiger partial charge on any atom is 0.119 e. The van der Waals surface area contributed by atoms with E-state index in [4.69, 9.17) is 4.74 Å². The molecule has 1 aromatic rings. The van der Waals surface area contributed by atoms with Gasteiger partial charge in [0.25, 0.3) is 0 Å². The molecule has 0 amide bonds. The minimum absolute atomic E-state index is 0.833. The Bertz CT molecular complexity index is 267. The van der Waals surface area contributed by atoms with Gasteiger partial charge in [0, 0.05) is 4.47 Å². The van der Waals surface area contributed by atoms with E-state index in [9.17, 15) is 0 Å². The first-order valence-electron chi connectivity index (χ1n) is 5.77. The fourth-order valence-corrected chi connectivity index (χ4v) is 0.991. The predicted octanol–water partition coefficient (Wildman–Crippen LogP) is 5.45. The first-order chi connectivity index (χ1) is 7.47. The van der Waals surface area contributed by atoms with Gasteiger partial charge in [-0.25, -0.2) is 0 Å². The Hall–Kier alpha value is -0.500. The highest BCUT2D eigenvalue weighted by Gasteiger charge is 1.94. The van der Waals surface area contributed by atoms with Crippen molar-refractivity contribution in [3.63, 3.8) is 0 Å². The molecule has 2 heteroatoms. The van der Waals surface area contributed by atoms with Gasteiger partial charge in [-0.1, -0.05) is 50.5 Å². The van der Waals surface area contributed by atoms with Crippen LogP contribution in [0, 0.1) is 12.8 Å². The summed E-state index contributed by atoms with van der Waals surface area (Å²) < 4.78 is 6.15. The second kappa shape index (κ2) is 11.0. The summed E-state index contributed by atoms with van der Waals surface area (Å²) in [6, 6.07) is 5.90. The molecule has 0 aliphatic heterocycles. The molecule has 94 valence electrons. The van der Waals surface area contributed by atoms with Gasteiger partial charge in [0.05, 0.1) is 7.11 Å². The lowest BCUT2D eigenvalue weighted by Gasteiger charge is -2.01. The zero-order chi connectivity index (χ0) is 13.1. The molecule has 0 heterocycles. The van der Waals surface area contributed by atoms with E-state index in [0.29, 0.717) is 0 Å². The second-order valence-corrected chi connectivity index (χ2v) is 4.70. The van der Waals surface area contributed by atoms with Gasteiger partial charge < -0.3 is 4.74 Å². The average molecular weight is 289 g/mol. The topological polar surface area (TPSA) is 9.23 Å². The molecule has 0 saturated heterocycles. The average Bonchev–Trinajstić information content (AvgIpc) is 2.24. The van der Waals surface area contributed by atoms with E-state index < -0.39 is 0 Å². The van der Waals surface area contributed by atoms with E-state index in [1.807, 2.05) is 39.0 Å². The zero-order valence-electron chi connectivity index (χ0n) is 11.6. The molecule has 0 fully saturated rings. The van der Waals surface area contributed by atoms with Crippen LogP contribution in [0.25, 0.3) is 0 Å². The van der Waals surface area contributed by atoms with Crippen LogP contribution in [0.15, 0.2) is 22.7 Å². The molecule has 16 heavy (non-hydrogen) atoms. The molecule has 0 aliphatic rings. The highest BCUT2D eigenvalue weighted by Crippen LogP contribution is 2.20. The zero-order valence-corrected chi connectivity index (χ0v) is 13.2. The quantitative estimate of drug-likeness (QED) is 0.667. The molecule has 0 N–H and O–H groups in total. The SMILES string of the molecule is CC.CC(C)C.COc1ccc(Br)c(C)c1. The lowest BCUT2D eigenvalue weighted by molar-refractivity contribution is 0.414. The van der Waals surface area contributed by atoms with Crippen LogP contribution in [-0.4, -0.2) is 7.11 Å². The fourth-order valence-electron chi connectivity index (χ4n) is 0.744. The number of ether oxygens (including phenoxy) is 1. The first kappa shape index (κ1) is 17.9. The molecule has 0 atom stereocenters. The molecule has 1 aromatic carbocycles. The first-order valence-corrected chi connectivity index (χ1v) is 6.56. The summed E-state index contributed by atoms with van der Waals surface area (Å²) >= 11 is 3.40. The number of benzene rings is 1. The summed E-state index contributed by atoms with van der Waals surface area (Å²) in [6.07, 6.45) is 0. The van der Waals surface area contributed by atoms with Crippen LogP contribution in [-0.2, 0) is 0 Å². The molecular weight excluding hydrogens is 264 g/mol. The largest absolute Gasteiger partial charge is 0.497 e. The Morgan fingerprint density at radius 1 is 1.12 bits per heavy atom. The number of halogens is 1. The van der Waals surface area contributed by atoms with Gasteiger partial charge in [0.15, 0.2) is 0 Å². The summed E-state index contributed by atoms with van der Waals surface area (Å²) in [7, 11) is 1.67. The summed E-state index contributed by atoms with van der Waals surface area (Å²) in [4.78, 5) is 0. The van der Waals surface area contributed by atoms with Crippen LogP contribution in [0.3, 0.4) is 0 Å². The summed E-state index contributed by atoms with van der Waals surface area (Å²) in [5, 5.41) is 0. The summed E-state index contributed by atoms with van der Waals surface area (Å²) in [6.45, 7) is 12.5. The van der Waals surface area contributed by atoms with Crippen molar-refractivity contribution in [3.05, 3.63) is 28.2 Å². The van der Waals surface area contributed by atoms with Crippen LogP contribution in [0.1, 0.15) is 40.2 Å². The molecule has 0 unspecified atom stereocenters. The van der Waals surface area contributed by atoms with Crippen LogP contribution in [0.2, 0.25) is 0 Å². The number of rotatable bonds is 1. The van der Waals surface area contributed by atoms with E-state index in [0.717, 1.165) is 16.1 Å². The third-order valence-electron chi connectivity index (χ3n) is 1.37. The van der Waals surface area contributed by atoms with Gasteiger partial charge in [-0.3, -0.25) is 0 Å². The van der Waals surface area contributed by atoms with Gasteiger partial charge in [-0.2, -0.15) is 0 Å². The molecule has 1 rings (SSSR count). The van der Waals surface area contributed by atoms with Crippen LogP contribution in [0.4, 0.5) is 0 Å². The number of hydrogen-bond donors (Lipinski definition) is 0. The molecule has 0 aromatic heterocycles. The van der Waals surface area contributed by atoms with Crippen molar-refractivity contribution in [1.29, 1.82) is 0 Å². The van der Waals surface area contributed by atoms with Crippen LogP contribution >= 0.6 is 15.9 Å². The Kier molecular flexibility index (Phi) is 12.3. The van der Waals surface area contributed by atoms with E-state index in [2.05, 4.69) is 36.7 Å². The van der Waals surface area contributed by atoms with E-state index in [1.54, 1.807) is 7.11 Å². The summed E-state index contributed by atoms with van der Waals surface area (Å²) in [5.41, 5.74) is 1.19. The standard InChI is InChI=1S/C8H9BrO.C4H10.C2H6/c1-6-5-7(10-2)3-4-8(6)9;1-4(2)3;1-2/h3-5H,1-2H3;4H,1-3H3;1-2H3. The summed E-state index contributed by atoms with van der Waals surface area (Å²) in [5.74, 6) is 1.74. The highest BCUT2D eigenvalue weighted by molar-refractivity contribution is 9.10. The molecule has 0 radical (unpaired) electrons. The van der Waals surface area contributed by atoms with Gasteiger partial charge in [0.1, 0.15) is 5.75 Å². The van der Waals surface area contributed by atoms with Crippen molar-refractivity contribution in [3.8, 4) is 5.75 Å². The highest BCUT2D eigenvalue weighted by atomic mass is 79.9. The number of hydrogen-bond acceptors (Lipinski definition) is 1. The predicted molar refractivity (Wildman–Crippen MR) is 77.3 cm³/mol. The van der Waals surface area contributed by atoms with Crippen LogP contribution < -0.4 is 4.74 Å². The molecule has 1 nitrogen and oxygen atoms in total. The van der Waals surface area contributed by atoms with Crippen LogP contribution in [0.5, 0.6) is 5.75 Å². The van der Waals surface area contributed by atoms with Crippen molar-refractivity contribution in [1.82, 2.24) is 0 Å². The van der Waals surface area contributed by atoms with Crippen molar-refractivity contribution in [2.75, 3.05) is 7.11 Å². The fraction of sp³-hybridized carbons (Fsp3) is 0.571.